The molecule has 0 unspecified atom stereocenters. The van der Waals surface area contributed by atoms with Crippen LogP contribution in [-0.4, -0.2) is 48.2 Å². The molecular weight excluding hydrogens is 369 g/mol. The number of aliphatic hydroxyl groups is 1. The minimum Gasteiger partial charge on any atom is -0.395 e. The molecule has 0 bridgehead atoms. The highest BCUT2D eigenvalue weighted by Gasteiger charge is 2.36. The molecule has 8 heteroatoms. The molecule has 1 heterocycles. The Morgan fingerprint density at radius 2 is 1.96 bits per heavy atom. The number of β-amino-alcohol motifs (C(OH)–C–C–N with tert-alkyl or cyclic N) is 1. The summed E-state index contributed by atoms with van der Waals surface area (Å²) in [5, 5.41) is 12.0. The number of halogens is 4. The number of aliphatic hydroxyl groups excluding tert-OH is 1. The minimum atomic E-state index is -4.47. The predicted octanol–water partition coefficient (Wildman–Crippen LogP) is 2.73. The summed E-state index contributed by atoms with van der Waals surface area (Å²) in [5.41, 5.74) is -0.780. The van der Waals surface area contributed by atoms with Crippen molar-refractivity contribution in [3.05, 3.63) is 35.4 Å². The summed E-state index contributed by atoms with van der Waals surface area (Å²) in [6.07, 6.45) is -4.76. The Morgan fingerprint density at radius 1 is 1.31 bits per heavy atom. The summed E-state index contributed by atoms with van der Waals surface area (Å²) in [6.45, 7) is 6.08. The van der Waals surface area contributed by atoms with Crippen LogP contribution < -0.4 is 5.32 Å². The van der Waals surface area contributed by atoms with E-state index in [2.05, 4.69) is 24.1 Å². The molecule has 148 valence electrons. The molecule has 0 aliphatic carbocycles. The number of alkyl halides is 3. The highest BCUT2D eigenvalue weighted by Crippen LogP contribution is 2.32. The van der Waals surface area contributed by atoms with Crippen molar-refractivity contribution in [2.75, 3.05) is 26.2 Å². The van der Waals surface area contributed by atoms with Crippen molar-refractivity contribution in [2.24, 2.45) is 11.8 Å². The first-order valence-corrected chi connectivity index (χ1v) is 8.50. The van der Waals surface area contributed by atoms with Crippen molar-refractivity contribution >= 4 is 18.3 Å². The maximum absolute atomic E-state index is 13.0. The molecule has 1 aromatic carbocycles. The van der Waals surface area contributed by atoms with Crippen molar-refractivity contribution in [3.8, 4) is 0 Å². The molecule has 2 N–H and O–H groups in total. The minimum absolute atomic E-state index is 0. The SMILES string of the molecule is CC(C)[C@H]1CN(CCO)C[C@@H]1NC(=O)Cc1ccccc1C(F)(F)F.Cl. The lowest BCUT2D eigenvalue weighted by Crippen LogP contribution is -2.42. The van der Waals surface area contributed by atoms with Crippen molar-refractivity contribution in [2.45, 2.75) is 32.5 Å². The van der Waals surface area contributed by atoms with Gasteiger partial charge in [0.2, 0.25) is 5.91 Å². The molecule has 1 fully saturated rings. The zero-order valence-corrected chi connectivity index (χ0v) is 15.7. The summed E-state index contributed by atoms with van der Waals surface area (Å²) in [4.78, 5) is 14.4. The zero-order valence-electron chi connectivity index (χ0n) is 14.9. The second kappa shape index (κ2) is 9.58. The molecule has 1 aromatic rings. The average molecular weight is 395 g/mol. The number of hydrogen-bond donors (Lipinski definition) is 2. The summed E-state index contributed by atoms with van der Waals surface area (Å²) in [5.74, 6) is 0.142. The normalized spacial score (nSPS) is 20.9. The summed E-state index contributed by atoms with van der Waals surface area (Å²) >= 11 is 0. The van der Waals surface area contributed by atoms with Gasteiger partial charge in [-0.25, -0.2) is 0 Å². The lowest BCUT2D eigenvalue weighted by atomic mass is 9.91. The molecule has 2 atom stereocenters. The molecule has 4 nitrogen and oxygen atoms in total. The third kappa shape index (κ3) is 5.86. The van der Waals surface area contributed by atoms with Gasteiger partial charge in [0, 0.05) is 25.7 Å². The van der Waals surface area contributed by atoms with Crippen LogP contribution in [-0.2, 0) is 17.4 Å². The van der Waals surface area contributed by atoms with Gasteiger partial charge in [-0.2, -0.15) is 13.2 Å². The number of hydrogen-bond acceptors (Lipinski definition) is 3. The number of carbonyl (C=O) groups excluding carboxylic acids is 1. The first-order valence-electron chi connectivity index (χ1n) is 8.50. The summed E-state index contributed by atoms with van der Waals surface area (Å²) in [6, 6.07) is 5.06. The van der Waals surface area contributed by atoms with Gasteiger partial charge < -0.3 is 10.4 Å². The van der Waals surface area contributed by atoms with Crippen LogP contribution in [0.4, 0.5) is 13.2 Å². The molecular formula is C18H26ClF3N2O2. The highest BCUT2D eigenvalue weighted by molar-refractivity contribution is 5.85. The van der Waals surface area contributed by atoms with E-state index in [0.29, 0.717) is 19.0 Å². The van der Waals surface area contributed by atoms with E-state index in [9.17, 15) is 18.0 Å². The maximum atomic E-state index is 13.0. The Morgan fingerprint density at radius 3 is 2.54 bits per heavy atom. The van der Waals surface area contributed by atoms with E-state index >= 15 is 0 Å². The fraction of sp³-hybridized carbons (Fsp3) is 0.611. The molecule has 0 aromatic heterocycles. The topological polar surface area (TPSA) is 52.6 Å². The van der Waals surface area contributed by atoms with Gasteiger partial charge in [-0.05, 0) is 23.5 Å². The van der Waals surface area contributed by atoms with E-state index in [1.54, 1.807) is 0 Å². The van der Waals surface area contributed by atoms with Crippen LogP contribution >= 0.6 is 12.4 Å². The van der Waals surface area contributed by atoms with Gasteiger partial charge in [-0.1, -0.05) is 32.0 Å². The number of amides is 1. The van der Waals surface area contributed by atoms with Crippen LogP contribution in [0.15, 0.2) is 24.3 Å². The van der Waals surface area contributed by atoms with Crippen LogP contribution in [0.5, 0.6) is 0 Å². The maximum Gasteiger partial charge on any atom is 0.416 e. The number of likely N-dealkylation sites (tertiary alicyclic amines) is 1. The van der Waals surface area contributed by atoms with Gasteiger partial charge in [0.25, 0.3) is 0 Å². The fourth-order valence-electron chi connectivity index (χ4n) is 3.45. The Bertz CT molecular complexity index is 596. The molecule has 1 aliphatic heterocycles. The van der Waals surface area contributed by atoms with Crippen molar-refractivity contribution in [3.63, 3.8) is 0 Å². The summed E-state index contributed by atoms with van der Waals surface area (Å²) < 4.78 is 39.1. The van der Waals surface area contributed by atoms with Crippen LogP contribution in [0.1, 0.15) is 25.0 Å². The first kappa shape index (κ1) is 22.7. The van der Waals surface area contributed by atoms with Crippen LogP contribution in [0.3, 0.4) is 0 Å². The first-order chi connectivity index (χ1) is 11.7. The lowest BCUT2D eigenvalue weighted by molar-refractivity contribution is -0.138. The Balaban J connectivity index is 0.00000338. The zero-order chi connectivity index (χ0) is 18.6. The third-order valence-electron chi connectivity index (χ3n) is 4.73. The van der Waals surface area contributed by atoms with Crippen LogP contribution in [0, 0.1) is 11.8 Å². The smallest absolute Gasteiger partial charge is 0.395 e. The molecule has 0 spiro atoms. The Hall–Kier alpha value is -1.31. The average Bonchev–Trinajstić information content (AvgIpc) is 2.89. The quantitative estimate of drug-likeness (QED) is 0.780. The van der Waals surface area contributed by atoms with Crippen LogP contribution in [0.25, 0.3) is 0 Å². The van der Waals surface area contributed by atoms with Gasteiger partial charge >= 0.3 is 6.18 Å². The number of carbonyl (C=O) groups is 1. The van der Waals surface area contributed by atoms with E-state index < -0.39 is 17.6 Å². The molecule has 0 saturated carbocycles. The van der Waals surface area contributed by atoms with Crippen LogP contribution in [0.2, 0.25) is 0 Å². The van der Waals surface area contributed by atoms with Crippen molar-refractivity contribution < 1.29 is 23.1 Å². The van der Waals surface area contributed by atoms with Gasteiger partial charge in [-0.3, -0.25) is 9.69 Å². The molecule has 1 amide bonds. The van der Waals surface area contributed by atoms with Gasteiger partial charge in [0.1, 0.15) is 0 Å². The van der Waals surface area contributed by atoms with E-state index in [1.165, 1.54) is 18.2 Å². The fourth-order valence-corrected chi connectivity index (χ4v) is 3.45. The number of nitrogens with zero attached hydrogens (tertiary/aromatic N) is 1. The van der Waals surface area contributed by atoms with E-state index in [4.69, 9.17) is 5.11 Å². The number of rotatable bonds is 6. The predicted molar refractivity (Wildman–Crippen MR) is 96.2 cm³/mol. The Labute approximate surface area is 158 Å². The second-order valence-electron chi connectivity index (χ2n) is 6.90. The molecule has 0 radical (unpaired) electrons. The second-order valence-corrected chi connectivity index (χ2v) is 6.90. The third-order valence-corrected chi connectivity index (χ3v) is 4.73. The number of benzene rings is 1. The largest absolute Gasteiger partial charge is 0.416 e. The van der Waals surface area contributed by atoms with Gasteiger partial charge in [0.15, 0.2) is 0 Å². The molecule has 26 heavy (non-hydrogen) atoms. The standard InChI is InChI=1S/C18H25F3N2O2.ClH/c1-12(2)14-10-23(7-8-24)11-16(14)22-17(25)9-13-5-3-4-6-15(13)18(19,20)21;/h3-6,12,14,16,24H,7-11H2,1-2H3,(H,22,25);1H/t14-,16+;/m1./s1. The van der Waals surface area contributed by atoms with Gasteiger partial charge in [-0.15, -0.1) is 12.4 Å². The highest BCUT2D eigenvalue weighted by atomic mass is 35.5. The van der Waals surface area contributed by atoms with E-state index in [-0.39, 0.29) is 43.0 Å². The molecule has 2 rings (SSSR count). The van der Waals surface area contributed by atoms with Crippen molar-refractivity contribution in [1.82, 2.24) is 10.2 Å². The molecule has 1 saturated heterocycles. The number of nitrogens with one attached hydrogen (secondary N) is 1. The van der Waals surface area contributed by atoms with E-state index in [1.807, 2.05) is 0 Å². The van der Waals surface area contributed by atoms with Gasteiger partial charge in [0.05, 0.1) is 18.6 Å². The monoisotopic (exact) mass is 394 g/mol. The van der Waals surface area contributed by atoms with E-state index in [0.717, 1.165) is 12.6 Å². The van der Waals surface area contributed by atoms with Crippen molar-refractivity contribution in [1.29, 1.82) is 0 Å². The Kier molecular flexibility index (Phi) is 8.37. The lowest BCUT2D eigenvalue weighted by Gasteiger charge is -2.23. The molecule has 1 aliphatic rings. The summed E-state index contributed by atoms with van der Waals surface area (Å²) in [7, 11) is 0.